The third kappa shape index (κ3) is 2.74. The van der Waals surface area contributed by atoms with E-state index in [9.17, 15) is 0 Å². The second kappa shape index (κ2) is 5.01. The number of nitrogens with zero attached hydrogens (tertiary/aromatic N) is 1. The molecule has 2 nitrogen and oxygen atoms in total. The lowest BCUT2D eigenvalue weighted by molar-refractivity contribution is 0.813. The molecule has 0 aliphatic carbocycles. The van der Waals surface area contributed by atoms with Crippen molar-refractivity contribution in [3.63, 3.8) is 0 Å². The highest BCUT2D eigenvalue weighted by molar-refractivity contribution is 6.31. The van der Waals surface area contributed by atoms with Gasteiger partial charge in [-0.15, -0.1) is 0 Å². The van der Waals surface area contributed by atoms with Crippen LogP contribution in [0.3, 0.4) is 0 Å². The number of halogens is 1. The molecule has 0 saturated carbocycles. The standard InChI is InChI=1S/C11H15ClN2/c1-3-11(13)14-8(2)9-6-4-5-7-10(9)12/h4-8H,3H2,1-2H3,(H2,13,14). The van der Waals surface area contributed by atoms with Crippen molar-refractivity contribution in [3.05, 3.63) is 34.9 Å². The molecule has 2 N–H and O–H groups in total. The Morgan fingerprint density at radius 2 is 2.14 bits per heavy atom. The highest BCUT2D eigenvalue weighted by atomic mass is 35.5. The fraction of sp³-hybridized carbons (Fsp3) is 0.364. The van der Waals surface area contributed by atoms with Crippen molar-refractivity contribution >= 4 is 17.4 Å². The van der Waals surface area contributed by atoms with Gasteiger partial charge in [0.25, 0.3) is 0 Å². The summed E-state index contributed by atoms with van der Waals surface area (Å²) in [4.78, 5) is 4.34. The minimum atomic E-state index is 0.0312. The van der Waals surface area contributed by atoms with Gasteiger partial charge < -0.3 is 5.73 Å². The first-order valence-electron chi connectivity index (χ1n) is 4.71. The van der Waals surface area contributed by atoms with Gasteiger partial charge in [0.05, 0.1) is 11.9 Å². The number of nitrogens with two attached hydrogens (primary N) is 1. The zero-order valence-electron chi connectivity index (χ0n) is 8.50. The topological polar surface area (TPSA) is 38.4 Å². The van der Waals surface area contributed by atoms with Gasteiger partial charge >= 0.3 is 0 Å². The molecule has 14 heavy (non-hydrogen) atoms. The smallest absolute Gasteiger partial charge is 0.0941 e. The molecule has 0 fully saturated rings. The average molecular weight is 211 g/mol. The molecule has 0 aliphatic rings. The molecule has 1 atom stereocenters. The minimum absolute atomic E-state index is 0.0312. The summed E-state index contributed by atoms with van der Waals surface area (Å²) in [5.74, 6) is 0.664. The number of amidine groups is 1. The molecule has 1 aromatic carbocycles. The van der Waals surface area contributed by atoms with E-state index in [1.54, 1.807) is 0 Å². The van der Waals surface area contributed by atoms with Gasteiger partial charge in [-0.2, -0.15) is 0 Å². The summed E-state index contributed by atoms with van der Waals surface area (Å²) in [5.41, 5.74) is 6.69. The molecule has 0 spiro atoms. The fourth-order valence-electron chi connectivity index (χ4n) is 1.22. The van der Waals surface area contributed by atoms with Gasteiger partial charge in [-0.3, -0.25) is 4.99 Å². The largest absolute Gasteiger partial charge is 0.387 e. The van der Waals surface area contributed by atoms with Gasteiger partial charge in [-0.1, -0.05) is 36.7 Å². The Morgan fingerprint density at radius 1 is 1.50 bits per heavy atom. The summed E-state index contributed by atoms with van der Waals surface area (Å²) in [6.45, 7) is 3.97. The summed E-state index contributed by atoms with van der Waals surface area (Å²) in [5, 5.41) is 0.743. The Labute approximate surface area is 89.8 Å². The second-order valence-electron chi connectivity index (χ2n) is 3.17. The lowest BCUT2D eigenvalue weighted by Crippen LogP contribution is -2.11. The van der Waals surface area contributed by atoms with Crippen LogP contribution in [-0.4, -0.2) is 5.84 Å². The van der Waals surface area contributed by atoms with Crippen LogP contribution in [-0.2, 0) is 0 Å². The van der Waals surface area contributed by atoms with Crippen molar-refractivity contribution in [3.8, 4) is 0 Å². The van der Waals surface area contributed by atoms with Crippen molar-refractivity contribution in [1.82, 2.24) is 0 Å². The summed E-state index contributed by atoms with van der Waals surface area (Å²) < 4.78 is 0. The maximum atomic E-state index is 6.04. The van der Waals surface area contributed by atoms with E-state index in [-0.39, 0.29) is 6.04 Å². The minimum Gasteiger partial charge on any atom is -0.387 e. The number of aliphatic imine (C=N–C) groups is 1. The molecular weight excluding hydrogens is 196 g/mol. The molecule has 1 rings (SSSR count). The second-order valence-corrected chi connectivity index (χ2v) is 3.58. The molecule has 0 heterocycles. The summed E-state index contributed by atoms with van der Waals surface area (Å²) in [7, 11) is 0. The first-order valence-corrected chi connectivity index (χ1v) is 5.09. The van der Waals surface area contributed by atoms with Gasteiger partial charge in [0, 0.05) is 11.4 Å². The third-order valence-electron chi connectivity index (χ3n) is 2.08. The van der Waals surface area contributed by atoms with Crippen LogP contribution >= 0.6 is 11.6 Å². The first kappa shape index (κ1) is 11.1. The van der Waals surface area contributed by atoms with E-state index >= 15 is 0 Å². The van der Waals surface area contributed by atoms with Crippen molar-refractivity contribution in [2.75, 3.05) is 0 Å². The van der Waals surface area contributed by atoms with E-state index in [1.165, 1.54) is 0 Å². The van der Waals surface area contributed by atoms with Gasteiger partial charge in [0.1, 0.15) is 0 Å². The van der Waals surface area contributed by atoms with Gasteiger partial charge in [-0.05, 0) is 18.6 Å². The number of benzene rings is 1. The molecule has 1 aromatic rings. The van der Waals surface area contributed by atoms with Crippen LogP contribution in [0.25, 0.3) is 0 Å². The Bertz CT molecular complexity index is 334. The lowest BCUT2D eigenvalue weighted by Gasteiger charge is -2.09. The molecule has 0 aromatic heterocycles. The van der Waals surface area contributed by atoms with Crippen molar-refractivity contribution in [1.29, 1.82) is 0 Å². The van der Waals surface area contributed by atoms with E-state index in [0.717, 1.165) is 17.0 Å². The quantitative estimate of drug-likeness (QED) is 0.604. The highest BCUT2D eigenvalue weighted by Crippen LogP contribution is 2.24. The van der Waals surface area contributed by atoms with Crippen LogP contribution in [0.15, 0.2) is 29.3 Å². The van der Waals surface area contributed by atoms with Gasteiger partial charge in [0.15, 0.2) is 0 Å². The average Bonchev–Trinajstić information content (AvgIpc) is 2.18. The fourth-order valence-corrected chi connectivity index (χ4v) is 1.52. The van der Waals surface area contributed by atoms with Crippen LogP contribution in [0.2, 0.25) is 5.02 Å². The molecule has 0 aliphatic heterocycles. The Morgan fingerprint density at radius 3 is 2.71 bits per heavy atom. The molecule has 1 unspecified atom stereocenters. The van der Waals surface area contributed by atoms with E-state index in [1.807, 2.05) is 38.1 Å². The maximum absolute atomic E-state index is 6.04. The zero-order valence-corrected chi connectivity index (χ0v) is 9.25. The molecular formula is C11H15ClN2. The Hall–Kier alpha value is -1.02. The van der Waals surface area contributed by atoms with Crippen LogP contribution in [0.1, 0.15) is 31.9 Å². The van der Waals surface area contributed by atoms with Crippen molar-refractivity contribution < 1.29 is 0 Å². The molecule has 76 valence electrons. The van der Waals surface area contributed by atoms with Crippen LogP contribution in [0.5, 0.6) is 0 Å². The Kier molecular flexibility index (Phi) is 3.96. The summed E-state index contributed by atoms with van der Waals surface area (Å²) in [6, 6.07) is 7.73. The molecule has 0 radical (unpaired) electrons. The molecule has 0 saturated heterocycles. The molecule has 0 bridgehead atoms. The lowest BCUT2D eigenvalue weighted by atomic mass is 10.1. The van der Waals surface area contributed by atoms with Gasteiger partial charge in [-0.25, -0.2) is 0 Å². The Balaban J connectivity index is 2.90. The zero-order chi connectivity index (χ0) is 10.6. The number of rotatable bonds is 3. The van der Waals surface area contributed by atoms with E-state index < -0.39 is 0 Å². The van der Waals surface area contributed by atoms with Crippen molar-refractivity contribution in [2.24, 2.45) is 10.7 Å². The molecule has 0 amide bonds. The molecule has 3 heteroatoms. The maximum Gasteiger partial charge on any atom is 0.0941 e. The predicted molar refractivity (Wildman–Crippen MR) is 61.8 cm³/mol. The predicted octanol–water partition coefficient (Wildman–Crippen LogP) is 3.17. The van der Waals surface area contributed by atoms with Crippen LogP contribution in [0.4, 0.5) is 0 Å². The monoisotopic (exact) mass is 210 g/mol. The summed E-state index contributed by atoms with van der Waals surface area (Å²) in [6.07, 6.45) is 0.773. The van der Waals surface area contributed by atoms with Gasteiger partial charge in [0.2, 0.25) is 0 Å². The number of hydrogen-bond donors (Lipinski definition) is 1. The SMILES string of the molecule is CCC(N)=NC(C)c1ccccc1Cl. The first-order chi connectivity index (χ1) is 6.65. The third-order valence-corrected chi connectivity index (χ3v) is 2.42. The van der Waals surface area contributed by atoms with Crippen LogP contribution < -0.4 is 5.73 Å². The summed E-state index contributed by atoms with van der Waals surface area (Å²) >= 11 is 6.04. The van der Waals surface area contributed by atoms with Crippen molar-refractivity contribution in [2.45, 2.75) is 26.3 Å². The number of hydrogen-bond acceptors (Lipinski definition) is 1. The van der Waals surface area contributed by atoms with E-state index in [0.29, 0.717) is 5.84 Å². The normalized spacial score (nSPS) is 14.1. The van der Waals surface area contributed by atoms with Crippen LogP contribution in [0, 0.1) is 0 Å². The highest BCUT2D eigenvalue weighted by Gasteiger charge is 2.07. The van der Waals surface area contributed by atoms with E-state index in [2.05, 4.69) is 4.99 Å². The van der Waals surface area contributed by atoms with E-state index in [4.69, 9.17) is 17.3 Å².